The number of allylic oxidation sites excluding steroid dienone is 1. The molecule has 2 N–H and O–H groups in total. The average Bonchev–Trinajstić information content (AvgIpc) is 3.28. The molecule has 9 nitrogen and oxygen atoms in total. The Morgan fingerprint density at radius 2 is 1.94 bits per heavy atom. The molecule has 0 unspecified atom stereocenters. The Labute approximate surface area is 213 Å². The first-order chi connectivity index (χ1) is 17.4. The number of para-hydroxylation sites is 1. The van der Waals surface area contributed by atoms with E-state index in [1.807, 2.05) is 36.6 Å². The number of carbonyl (C=O) groups excluding carboxylic acids is 1. The van der Waals surface area contributed by atoms with Gasteiger partial charge in [0.2, 0.25) is 0 Å². The number of benzene rings is 2. The van der Waals surface area contributed by atoms with E-state index in [0.29, 0.717) is 51.3 Å². The largest absolute Gasteiger partial charge is 0.497 e. The van der Waals surface area contributed by atoms with E-state index in [4.69, 9.17) is 4.74 Å². The Morgan fingerprint density at radius 3 is 2.64 bits per heavy atom. The third-order valence-corrected chi connectivity index (χ3v) is 6.62. The number of thioether (sulfide) groups is 1. The van der Waals surface area contributed by atoms with E-state index in [9.17, 15) is 9.59 Å². The number of amides is 1. The molecule has 36 heavy (non-hydrogen) atoms. The van der Waals surface area contributed by atoms with Crippen LogP contribution in [0.2, 0.25) is 0 Å². The minimum absolute atomic E-state index is 0.0522. The topological polar surface area (TPSA) is 115 Å². The third-order valence-electron chi connectivity index (χ3n) is 5.64. The van der Waals surface area contributed by atoms with Gasteiger partial charge in [-0.25, -0.2) is 4.98 Å². The maximum absolute atomic E-state index is 13.0. The lowest BCUT2D eigenvalue weighted by Crippen LogP contribution is -2.33. The zero-order chi connectivity index (χ0) is 25.7. The summed E-state index contributed by atoms with van der Waals surface area (Å²) in [4.78, 5) is 32.8. The van der Waals surface area contributed by atoms with Crippen molar-refractivity contribution in [3.63, 3.8) is 0 Å². The molecule has 0 aliphatic carbocycles. The zero-order valence-electron chi connectivity index (χ0n) is 20.4. The summed E-state index contributed by atoms with van der Waals surface area (Å²) in [6.07, 6.45) is 1.76. The van der Waals surface area contributed by atoms with Crippen molar-refractivity contribution < 1.29 is 9.53 Å². The normalized spacial score (nSPS) is 12.0. The fourth-order valence-corrected chi connectivity index (χ4v) is 4.60. The molecule has 2 heterocycles. The van der Waals surface area contributed by atoms with Crippen LogP contribution in [0.3, 0.4) is 0 Å². The van der Waals surface area contributed by atoms with Crippen molar-refractivity contribution in [3.05, 3.63) is 88.8 Å². The molecule has 186 valence electrons. The quantitative estimate of drug-likeness (QED) is 0.246. The van der Waals surface area contributed by atoms with E-state index in [-0.39, 0.29) is 23.4 Å². The molecule has 0 bridgehead atoms. The number of carbonyl (C=O) groups is 1. The Bertz CT molecular complexity index is 1430. The molecule has 2 aromatic carbocycles. The molecule has 4 rings (SSSR count). The van der Waals surface area contributed by atoms with Gasteiger partial charge in [-0.3, -0.25) is 9.59 Å². The molecule has 0 spiro atoms. The SMILES string of the molecule is C=CCn1c(SCc2nc3ccccc3c(=O)[nH]2)nnc1[C@H](NC(=O)c1ccc(OC)cc1)C(C)C. The molecule has 2 aromatic heterocycles. The average molecular weight is 505 g/mol. The monoisotopic (exact) mass is 504 g/mol. The fraction of sp³-hybridized carbons (Fsp3) is 0.269. The van der Waals surface area contributed by atoms with Crippen molar-refractivity contribution in [2.45, 2.75) is 37.3 Å². The van der Waals surface area contributed by atoms with Gasteiger partial charge in [-0.1, -0.05) is 43.8 Å². The van der Waals surface area contributed by atoms with Gasteiger partial charge in [0.25, 0.3) is 11.5 Å². The first-order valence-corrected chi connectivity index (χ1v) is 12.5. The van der Waals surface area contributed by atoms with Gasteiger partial charge in [-0.05, 0) is 42.3 Å². The lowest BCUT2D eigenvalue weighted by Gasteiger charge is -2.22. The number of ether oxygens (including phenoxy) is 1. The van der Waals surface area contributed by atoms with Gasteiger partial charge in [-0.15, -0.1) is 16.8 Å². The molecule has 0 fully saturated rings. The molecule has 0 aliphatic rings. The van der Waals surface area contributed by atoms with Crippen LogP contribution in [0.1, 0.15) is 41.9 Å². The predicted octanol–water partition coefficient (Wildman–Crippen LogP) is 4.13. The van der Waals surface area contributed by atoms with Crippen LogP contribution in [0, 0.1) is 5.92 Å². The summed E-state index contributed by atoms with van der Waals surface area (Å²) in [6, 6.07) is 13.8. The summed E-state index contributed by atoms with van der Waals surface area (Å²) in [5, 5.41) is 13.1. The summed E-state index contributed by atoms with van der Waals surface area (Å²) in [5.74, 6) is 2.11. The van der Waals surface area contributed by atoms with Gasteiger partial charge in [0.15, 0.2) is 11.0 Å². The van der Waals surface area contributed by atoms with Crippen LogP contribution in [0.5, 0.6) is 5.75 Å². The van der Waals surface area contributed by atoms with Gasteiger partial charge in [-0.2, -0.15) is 0 Å². The van der Waals surface area contributed by atoms with Gasteiger partial charge in [0, 0.05) is 12.1 Å². The van der Waals surface area contributed by atoms with Gasteiger partial charge in [0.05, 0.1) is 29.8 Å². The van der Waals surface area contributed by atoms with Crippen LogP contribution in [0.25, 0.3) is 10.9 Å². The van der Waals surface area contributed by atoms with Gasteiger partial charge >= 0.3 is 0 Å². The summed E-state index contributed by atoms with van der Waals surface area (Å²) in [6.45, 7) is 8.37. The highest BCUT2D eigenvalue weighted by Crippen LogP contribution is 2.27. The second-order valence-electron chi connectivity index (χ2n) is 8.48. The van der Waals surface area contributed by atoms with Gasteiger partial charge < -0.3 is 19.6 Å². The number of nitrogens with zero attached hydrogens (tertiary/aromatic N) is 4. The van der Waals surface area contributed by atoms with Crippen molar-refractivity contribution in [1.82, 2.24) is 30.0 Å². The number of nitrogens with one attached hydrogen (secondary N) is 2. The van der Waals surface area contributed by atoms with Crippen molar-refractivity contribution in [3.8, 4) is 5.75 Å². The molecule has 0 radical (unpaired) electrons. The smallest absolute Gasteiger partial charge is 0.258 e. The highest BCUT2D eigenvalue weighted by atomic mass is 32.2. The third kappa shape index (κ3) is 5.49. The predicted molar refractivity (Wildman–Crippen MR) is 140 cm³/mol. The number of hydrogen-bond donors (Lipinski definition) is 2. The Kier molecular flexibility index (Phi) is 7.84. The minimum atomic E-state index is -0.375. The van der Waals surface area contributed by atoms with Crippen LogP contribution in [0.15, 0.2) is 71.1 Å². The van der Waals surface area contributed by atoms with E-state index >= 15 is 0 Å². The molecule has 0 saturated heterocycles. The van der Waals surface area contributed by atoms with Crippen LogP contribution in [-0.4, -0.2) is 37.7 Å². The van der Waals surface area contributed by atoms with Crippen molar-refractivity contribution >= 4 is 28.6 Å². The number of fused-ring (bicyclic) bond motifs is 1. The summed E-state index contributed by atoms with van der Waals surface area (Å²) < 4.78 is 7.10. The number of aromatic amines is 1. The Morgan fingerprint density at radius 1 is 1.19 bits per heavy atom. The molecule has 1 atom stereocenters. The summed E-state index contributed by atoms with van der Waals surface area (Å²) >= 11 is 1.41. The number of methoxy groups -OCH3 is 1. The Balaban J connectivity index is 1.56. The van der Waals surface area contributed by atoms with E-state index in [1.165, 1.54) is 11.8 Å². The van der Waals surface area contributed by atoms with E-state index in [0.717, 1.165) is 0 Å². The molecule has 0 saturated carbocycles. The van der Waals surface area contributed by atoms with Crippen molar-refractivity contribution in [2.75, 3.05) is 7.11 Å². The van der Waals surface area contributed by atoms with E-state index < -0.39 is 0 Å². The van der Waals surface area contributed by atoms with Crippen LogP contribution < -0.4 is 15.6 Å². The van der Waals surface area contributed by atoms with E-state index in [1.54, 1.807) is 43.5 Å². The van der Waals surface area contributed by atoms with Crippen LogP contribution in [-0.2, 0) is 12.3 Å². The lowest BCUT2D eigenvalue weighted by atomic mass is 10.0. The lowest BCUT2D eigenvalue weighted by molar-refractivity contribution is 0.0922. The molecular formula is C26H28N6O3S. The maximum atomic E-state index is 13.0. The highest BCUT2D eigenvalue weighted by molar-refractivity contribution is 7.98. The second kappa shape index (κ2) is 11.2. The molecule has 1 amide bonds. The first-order valence-electron chi connectivity index (χ1n) is 11.5. The summed E-state index contributed by atoms with van der Waals surface area (Å²) in [7, 11) is 1.58. The van der Waals surface area contributed by atoms with Crippen LogP contribution in [0.4, 0.5) is 0 Å². The summed E-state index contributed by atoms with van der Waals surface area (Å²) in [5.41, 5.74) is 0.994. The number of hydrogen-bond acceptors (Lipinski definition) is 7. The molecule has 0 aliphatic heterocycles. The van der Waals surface area contributed by atoms with E-state index in [2.05, 4.69) is 32.1 Å². The first kappa shape index (κ1) is 25.2. The standard InChI is InChI=1S/C26H28N6O3S/c1-5-14-32-23(22(16(2)3)29-24(33)17-10-12-18(35-4)13-11-17)30-31-26(32)36-15-21-27-20-9-7-6-8-19(20)25(34)28-21/h5-13,16,22H,1,14-15H2,2-4H3,(H,29,33)(H,27,28,34)/t22-/m1/s1. The molecule has 4 aromatic rings. The zero-order valence-corrected chi connectivity index (χ0v) is 21.2. The maximum Gasteiger partial charge on any atom is 0.258 e. The van der Waals surface area contributed by atoms with Crippen molar-refractivity contribution in [1.29, 1.82) is 0 Å². The number of H-pyrrole nitrogens is 1. The fourth-order valence-electron chi connectivity index (χ4n) is 3.77. The van der Waals surface area contributed by atoms with Crippen molar-refractivity contribution in [2.24, 2.45) is 5.92 Å². The number of rotatable bonds is 10. The Hall–Kier alpha value is -3.92. The second-order valence-corrected chi connectivity index (χ2v) is 9.42. The number of aromatic nitrogens is 5. The molecule has 10 heteroatoms. The highest BCUT2D eigenvalue weighted by Gasteiger charge is 2.26. The minimum Gasteiger partial charge on any atom is -0.497 e. The van der Waals surface area contributed by atoms with Crippen LogP contribution >= 0.6 is 11.8 Å². The van der Waals surface area contributed by atoms with Gasteiger partial charge in [0.1, 0.15) is 11.6 Å². The molecular weight excluding hydrogens is 476 g/mol.